The maximum atomic E-state index is 12.0. The normalized spacial score (nSPS) is 21.9. The molecule has 2 aromatic heterocycles. The number of hydrogen-bond donors (Lipinski definition) is 3. The molecule has 1 amide bonds. The molecular weight excluding hydrogens is 342 g/mol. The Kier molecular flexibility index (Phi) is 4.06. The van der Waals surface area contributed by atoms with Gasteiger partial charge in [0, 0.05) is 23.7 Å². The summed E-state index contributed by atoms with van der Waals surface area (Å²) in [5.74, 6) is -0.231. The van der Waals surface area contributed by atoms with Gasteiger partial charge in [-0.1, -0.05) is 0 Å². The quantitative estimate of drug-likeness (QED) is 0.780. The molecule has 2 unspecified atom stereocenters. The number of thiophene rings is 1. The zero-order valence-corrected chi connectivity index (χ0v) is 12.7. The van der Waals surface area contributed by atoms with E-state index in [1.54, 1.807) is 11.3 Å². The van der Waals surface area contributed by atoms with Crippen LogP contribution in [0.15, 0.2) is 34.5 Å². The molecule has 0 aromatic carbocycles. The fourth-order valence-corrected chi connectivity index (χ4v) is 3.49. The molecule has 3 rings (SSSR count). The van der Waals surface area contributed by atoms with Crippen molar-refractivity contribution in [2.24, 2.45) is 0 Å². The highest BCUT2D eigenvalue weighted by molar-refractivity contribution is 9.11. The average molecular weight is 354 g/mol. The number of rotatable bonds is 3. The Labute approximate surface area is 128 Å². The van der Waals surface area contributed by atoms with E-state index in [2.05, 4.69) is 48.1 Å². The predicted octanol–water partition coefficient (Wildman–Crippen LogP) is 1.60. The van der Waals surface area contributed by atoms with Gasteiger partial charge in [0.25, 0.3) is 5.91 Å². The molecule has 2 atom stereocenters. The molecule has 3 heterocycles. The van der Waals surface area contributed by atoms with E-state index in [1.165, 1.54) is 23.5 Å². The van der Waals surface area contributed by atoms with E-state index < -0.39 is 0 Å². The number of hydrogen-bond acceptors (Lipinski definition) is 6. The first-order valence-electron chi connectivity index (χ1n) is 6.05. The summed E-state index contributed by atoms with van der Waals surface area (Å²) < 4.78 is 1.10. The van der Waals surface area contributed by atoms with Crippen LogP contribution in [0, 0.1) is 0 Å². The van der Waals surface area contributed by atoms with E-state index in [4.69, 9.17) is 0 Å². The fourth-order valence-electron chi connectivity index (χ4n) is 2.00. The minimum atomic E-state index is -0.231. The summed E-state index contributed by atoms with van der Waals surface area (Å²) in [5, 5.41) is 2.88. The highest BCUT2D eigenvalue weighted by Crippen LogP contribution is 2.30. The summed E-state index contributed by atoms with van der Waals surface area (Å²) in [6.45, 7) is 0. The van der Waals surface area contributed by atoms with Crippen LogP contribution in [0.25, 0.3) is 0 Å². The number of hydrazine groups is 1. The van der Waals surface area contributed by atoms with Crippen molar-refractivity contribution in [3.8, 4) is 0 Å². The molecule has 1 aliphatic heterocycles. The van der Waals surface area contributed by atoms with E-state index in [9.17, 15) is 4.79 Å². The molecule has 0 saturated carbocycles. The maximum absolute atomic E-state index is 12.0. The van der Waals surface area contributed by atoms with Crippen LogP contribution in [0.4, 0.5) is 0 Å². The summed E-state index contributed by atoms with van der Waals surface area (Å²) in [4.78, 5) is 21.0. The summed E-state index contributed by atoms with van der Waals surface area (Å²) in [5.41, 5.74) is 6.57. The lowest BCUT2D eigenvalue weighted by Crippen LogP contribution is -2.44. The SMILES string of the molecule is O=C(NC1CC(c2ccc(Br)s2)NN1)c1cnccn1. The fraction of sp³-hybridized carbons (Fsp3) is 0.250. The number of halogens is 1. The number of carbonyl (C=O) groups is 1. The molecule has 104 valence electrons. The van der Waals surface area contributed by atoms with Crippen LogP contribution in [-0.2, 0) is 0 Å². The Morgan fingerprint density at radius 3 is 3.00 bits per heavy atom. The number of nitrogens with one attached hydrogen (secondary N) is 3. The maximum Gasteiger partial charge on any atom is 0.272 e. The van der Waals surface area contributed by atoms with Crippen molar-refractivity contribution < 1.29 is 4.79 Å². The molecule has 2 aromatic rings. The van der Waals surface area contributed by atoms with E-state index in [-0.39, 0.29) is 18.1 Å². The first-order valence-corrected chi connectivity index (χ1v) is 7.66. The van der Waals surface area contributed by atoms with Crippen LogP contribution in [0.3, 0.4) is 0 Å². The second kappa shape index (κ2) is 5.96. The van der Waals surface area contributed by atoms with Crippen LogP contribution >= 0.6 is 27.3 Å². The second-order valence-electron chi connectivity index (χ2n) is 4.34. The Hall–Kier alpha value is -1.35. The Bertz CT molecular complexity index is 605. The lowest BCUT2D eigenvalue weighted by atomic mass is 10.2. The average Bonchev–Trinajstić information content (AvgIpc) is 3.09. The highest BCUT2D eigenvalue weighted by atomic mass is 79.9. The Balaban J connectivity index is 1.59. The molecule has 1 fully saturated rings. The molecule has 6 nitrogen and oxygen atoms in total. The summed E-state index contributed by atoms with van der Waals surface area (Å²) in [7, 11) is 0. The van der Waals surface area contributed by atoms with E-state index in [0.717, 1.165) is 10.2 Å². The van der Waals surface area contributed by atoms with Crippen LogP contribution in [0.5, 0.6) is 0 Å². The molecule has 8 heteroatoms. The van der Waals surface area contributed by atoms with Gasteiger partial charge in [-0.05, 0) is 28.1 Å². The van der Waals surface area contributed by atoms with Crippen molar-refractivity contribution in [1.82, 2.24) is 26.1 Å². The Morgan fingerprint density at radius 2 is 2.30 bits per heavy atom. The zero-order valence-electron chi connectivity index (χ0n) is 10.3. The lowest BCUT2D eigenvalue weighted by Gasteiger charge is -2.11. The molecule has 20 heavy (non-hydrogen) atoms. The third-order valence-electron chi connectivity index (χ3n) is 2.94. The summed E-state index contributed by atoms with van der Waals surface area (Å²) in [6.07, 6.45) is 5.14. The molecule has 0 spiro atoms. The van der Waals surface area contributed by atoms with Crippen LogP contribution in [0.1, 0.15) is 27.8 Å². The Morgan fingerprint density at radius 1 is 1.40 bits per heavy atom. The van der Waals surface area contributed by atoms with Crippen molar-refractivity contribution >= 4 is 33.2 Å². The van der Waals surface area contributed by atoms with Gasteiger partial charge in [-0.15, -0.1) is 11.3 Å². The van der Waals surface area contributed by atoms with Crippen molar-refractivity contribution in [2.75, 3.05) is 0 Å². The van der Waals surface area contributed by atoms with Gasteiger partial charge in [0.1, 0.15) is 5.69 Å². The van der Waals surface area contributed by atoms with Gasteiger partial charge >= 0.3 is 0 Å². The van der Waals surface area contributed by atoms with Crippen molar-refractivity contribution in [3.63, 3.8) is 0 Å². The third-order valence-corrected chi connectivity index (χ3v) is 4.68. The molecule has 1 aliphatic rings. The summed E-state index contributed by atoms with van der Waals surface area (Å²) in [6, 6.07) is 4.28. The molecule has 0 radical (unpaired) electrons. The number of amides is 1. The first kappa shape index (κ1) is 13.6. The van der Waals surface area contributed by atoms with Crippen molar-refractivity contribution in [2.45, 2.75) is 18.6 Å². The monoisotopic (exact) mass is 353 g/mol. The molecular formula is C12H12BrN5OS. The van der Waals surface area contributed by atoms with E-state index >= 15 is 0 Å². The van der Waals surface area contributed by atoms with Gasteiger partial charge in [-0.25, -0.2) is 15.8 Å². The smallest absolute Gasteiger partial charge is 0.272 e. The van der Waals surface area contributed by atoms with Gasteiger partial charge in [0.05, 0.1) is 22.2 Å². The predicted molar refractivity (Wildman–Crippen MR) is 78.9 cm³/mol. The number of nitrogens with zero attached hydrogens (tertiary/aromatic N) is 2. The van der Waals surface area contributed by atoms with E-state index in [1.807, 2.05) is 6.07 Å². The molecule has 3 N–H and O–H groups in total. The topological polar surface area (TPSA) is 78.9 Å². The van der Waals surface area contributed by atoms with Gasteiger partial charge < -0.3 is 5.32 Å². The first-order chi connectivity index (χ1) is 9.72. The molecule has 0 bridgehead atoms. The number of carbonyl (C=O) groups excluding carboxylic acids is 1. The van der Waals surface area contributed by atoms with Crippen molar-refractivity contribution in [3.05, 3.63) is 45.1 Å². The van der Waals surface area contributed by atoms with Gasteiger partial charge in [-0.2, -0.15) is 0 Å². The van der Waals surface area contributed by atoms with Crippen LogP contribution < -0.4 is 16.2 Å². The largest absolute Gasteiger partial charge is 0.334 e. The van der Waals surface area contributed by atoms with E-state index in [0.29, 0.717) is 5.69 Å². The van der Waals surface area contributed by atoms with Gasteiger partial charge in [-0.3, -0.25) is 9.78 Å². The second-order valence-corrected chi connectivity index (χ2v) is 6.83. The van der Waals surface area contributed by atoms with Gasteiger partial charge in [0.2, 0.25) is 0 Å². The lowest BCUT2D eigenvalue weighted by molar-refractivity contribution is 0.0927. The zero-order chi connectivity index (χ0) is 13.9. The van der Waals surface area contributed by atoms with Gasteiger partial charge in [0.15, 0.2) is 0 Å². The number of aromatic nitrogens is 2. The minimum Gasteiger partial charge on any atom is -0.334 e. The van der Waals surface area contributed by atoms with Crippen molar-refractivity contribution in [1.29, 1.82) is 0 Å². The molecule has 0 aliphatic carbocycles. The minimum absolute atomic E-state index is 0.129. The summed E-state index contributed by atoms with van der Waals surface area (Å²) >= 11 is 5.13. The van der Waals surface area contributed by atoms with Crippen LogP contribution in [-0.4, -0.2) is 22.0 Å². The highest BCUT2D eigenvalue weighted by Gasteiger charge is 2.27. The molecule has 1 saturated heterocycles. The van der Waals surface area contributed by atoms with Crippen LogP contribution in [0.2, 0.25) is 0 Å². The third kappa shape index (κ3) is 3.04. The standard InChI is InChI=1S/C12H12BrN5OS/c13-10-2-1-9(20-10)7-5-11(18-17-7)16-12(19)8-6-14-3-4-15-8/h1-4,6-7,11,17-18H,5H2,(H,16,19).